The van der Waals surface area contributed by atoms with Crippen LogP contribution in [0.2, 0.25) is 0 Å². The molecule has 134 valence electrons. The molecule has 0 amide bonds. The van der Waals surface area contributed by atoms with Crippen LogP contribution in [0.5, 0.6) is 0 Å². The summed E-state index contributed by atoms with van der Waals surface area (Å²) in [5.74, 6) is -1.23. The highest BCUT2D eigenvalue weighted by molar-refractivity contribution is 6.12. The number of hydrogen-bond donors (Lipinski definition) is 2. The van der Waals surface area contributed by atoms with Crippen LogP contribution in [0.3, 0.4) is 0 Å². The Morgan fingerprint density at radius 2 is 1.92 bits per heavy atom. The third kappa shape index (κ3) is 3.46. The summed E-state index contributed by atoms with van der Waals surface area (Å²) in [6, 6.07) is 5.70. The molecule has 0 saturated heterocycles. The van der Waals surface area contributed by atoms with Crippen molar-refractivity contribution in [1.82, 2.24) is 4.98 Å². The minimum Gasteiger partial charge on any atom is -0.478 e. The molecule has 1 aromatic carbocycles. The average Bonchev–Trinajstić information content (AvgIpc) is 2.55. The molecule has 2 N–H and O–H groups in total. The van der Waals surface area contributed by atoms with Crippen molar-refractivity contribution >= 4 is 17.6 Å². The minimum atomic E-state index is -4.52. The molecule has 7 heteroatoms. The van der Waals surface area contributed by atoms with E-state index in [1.165, 1.54) is 24.3 Å². The van der Waals surface area contributed by atoms with Crippen molar-refractivity contribution in [2.24, 2.45) is 0 Å². The lowest BCUT2D eigenvalue weighted by atomic mass is 10.0. The number of halogens is 3. The second-order valence-corrected chi connectivity index (χ2v) is 5.82. The van der Waals surface area contributed by atoms with Crippen molar-refractivity contribution in [2.75, 3.05) is 0 Å². The highest BCUT2D eigenvalue weighted by Gasteiger charge is 2.30. The first-order valence-electron chi connectivity index (χ1n) is 7.82. The van der Waals surface area contributed by atoms with Gasteiger partial charge in [-0.15, -0.1) is 0 Å². The first-order valence-corrected chi connectivity index (χ1v) is 7.82. The van der Waals surface area contributed by atoms with Gasteiger partial charge in [-0.1, -0.05) is 24.3 Å². The van der Waals surface area contributed by atoms with Gasteiger partial charge in [-0.3, -0.25) is 4.79 Å². The fraction of sp³-hybridized carbons (Fsp3) is 0.158. The van der Waals surface area contributed by atoms with Crippen LogP contribution in [0.25, 0.3) is 22.9 Å². The molecule has 0 radical (unpaired) electrons. The predicted octanol–water partition coefficient (Wildman–Crippen LogP) is 2.43. The SMILES string of the molecule is O=C(O)C1=c2[nH]c(-c3cccc(C(F)(F)F)c3)cc(=O)/c2=C/CCC=C1. The molecule has 0 bridgehead atoms. The van der Waals surface area contributed by atoms with E-state index in [2.05, 4.69) is 4.98 Å². The molecule has 0 unspecified atom stereocenters. The number of benzene rings is 1. The summed E-state index contributed by atoms with van der Waals surface area (Å²) in [7, 11) is 0. The molecular formula is C19H14F3NO3. The molecule has 0 aliphatic heterocycles. The third-order valence-electron chi connectivity index (χ3n) is 4.04. The first-order chi connectivity index (χ1) is 12.3. The van der Waals surface area contributed by atoms with Gasteiger partial charge in [-0.05, 0) is 36.6 Å². The summed E-state index contributed by atoms with van der Waals surface area (Å²) in [5, 5.41) is 9.73. The maximum atomic E-state index is 12.9. The number of alkyl halides is 3. The minimum absolute atomic E-state index is 0.0911. The van der Waals surface area contributed by atoms with E-state index < -0.39 is 23.1 Å². The summed E-state index contributed by atoms with van der Waals surface area (Å²) in [5.41, 5.74) is -1.13. The lowest BCUT2D eigenvalue weighted by Gasteiger charge is -2.10. The fourth-order valence-corrected chi connectivity index (χ4v) is 2.79. The predicted molar refractivity (Wildman–Crippen MR) is 90.6 cm³/mol. The Balaban J connectivity index is 2.34. The zero-order valence-electron chi connectivity index (χ0n) is 13.4. The molecule has 1 aliphatic rings. The van der Waals surface area contributed by atoms with E-state index in [0.29, 0.717) is 12.8 Å². The molecule has 26 heavy (non-hydrogen) atoms. The van der Waals surface area contributed by atoms with Gasteiger partial charge in [0.1, 0.15) is 0 Å². The summed E-state index contributed by atoms with van der Waals surface area (Å²) in [6.07, 6.45) is 1.34. The second kappa shape index (κ2) is 6.67. The van der Waals surface area contributed by atoms with Crippen molar-refractivity contribution < 1.29 is 23.1 Å². The number of aliphatic carboxylic acids is 1. The lowest BCUT2D eigenvalue weighted by Crippen LogP contribution is -2.43. The van der Waals surface area contributed by atoms with Crippen LogP contribution in [0.1, 0.15) is 18.4 Å². The highest BCUT2D eigenvalue weighted by Crippen LogP contribution is 2.31. The van der Waals surface area contributed by atoms with Gasteiger partial charge in [0, 0.05) is 17.0 Å². The molecule has 0 fully saturated rings. The number of carbonyl (C=O) groups is 1. The summed E-state index contributed by atoms with van der Waals surface area (Å²) >= 11 is 0. The monoisotopic (exact) mass is 361 g/mol. The Labute approximate surface area is 145 Å². The number of pyridine rings is 1. The fourth-order valence-electron chi connectivity index (χ4n) is 2.79. The van der Waals surface area contributed by atoms with Gasteiger partial charge in [0.25, 0.3) is 0 Å². The van der Waals surface area contributed by atoms with Gasteiger partial charge in [-0.25, -0.2) is 4.79 Å². The number of nitrogens with one attached hydrogen (secondary N) is 1. The normalized spacial score (nSPS) is 15.5. The smallest absolute Gasteiger partial charge is 0.416 e. The summed E-state index contributed by atoms with van der Waals surface area (Å²) in [6.45, 7) is 0. The maximum absolute atomic E-state index is 12.9. The molecule has 0 saturated carbocycles. The molecule has 1 heterocycles. The van der Waals surface area contributed by atoms with Crippen LogP contribution in [0.4, 0.5) is 13.2 Å². The van der Waals surface area contributed by atoms with Gasteiger partial charge in [0.2, 0.25) is 0 Å². The van der Waals surface area contributed by atoms with Crippen molar-refractivity contribution in [3.8, 4) is 11.3 Å². The van der Waals surface area contributed by atoms with Crippen molar-refractivity contribution in [2.45, 2.75) is 19.0 Å². The Hall–Kier alpha value is -3.09. The summed E-state index contributed by atoms with van der Waals surface area (Å²) in [4.78, 5) is 26.9. The molecular weight excluding hydrogens is 347 g/mol. The Morgan fingerprint density at radius 1 is 1.15 bits per heavy atom. The molecule has 4 nitrogen and oxygen atoms in total. The van der Waals surface area contributed by atoms with Crippen LogP contribution in [-0.2, 0) is 11.0 Å². The molecule has 0 atom stereocenters. The highest BCUT2D eigenvalue weighted by atomic mass is 19.4. The first kappa shape index (κ1) is 17.7. The molecule has 1 aromatic heterocycles. The van der Waals surface area contributed by atoms with Crippen molar-refractivity contribution in [3.63, 3.8) is 0 Å². The lowest BCUT2D eigenvalue weighted by molar-refractivity contribution is -0.137. The van der Waals surface area contributed by atoms with E-state index >= 15 is 0 Å². The van der Waals surface area contributed by atoms with Gasteiger partial charge < -0.3 is 10.1 Å². The zero-order valence-corrected chi connectivity index (χ0v) is 13.4. The van der Waals surface area contributed by atoms with Crippen LogP contribution in [0, 0.1) is 0 Å². The molecule has 1 aliphatic carbocycles. The number of aromatic nitrogens is 1. The van der Waals surface area contributed by atoms with Gasteiger partial charge >= 0.3 is 12.1 Å². The van der Waals surface area contributed by atoms with Gasteiger partial charge in [-0.2, -0.15) is 13.2 Å². The van der Waals surface area contributed by atoms with Crippen LogP contribution in [-0.4, -0.2) is 16.1 Å². The topological polar surface area (TPSA) is 70.2 Å². The maximum Gasteiger partial charge on any atom is 0.416 e. The molecule has 2 aromatic rings. The Kier molecular flexibility index (Phi) is 4.54. The Morgan fingerprint density at radius 3 is 2.62 bits per heavy atom. The van der Waals surface area contributed by atoms with E-state index in [9.17, 15) is 27.9 Å². The number of fused-ring (bicyclic) bond motifs is 1. The van der Waals surface area contributed by atoms with E-state index in [4.69, 9.17) is 0 Å². The van der Waals surface area contributed by atoms with E-state index in [1.54, 1.807) is 12.2 Å². The summed E-state index contributed by atoms with van der Waals surface area (Å²) < 4.78 is 38.8. The number of aromatic amines is 1. The molecule has 3 rings (SSSR count). The number of carboxylic acids is 1. The van der Waals surface area contributed by atoms with Crippen LogP contribution in [0.15, 0.2) is 47.3 Å². The number of rotatable bonds is 2. The number of hydrogen-bond acceptors (Lipinski definition) is 2. The van der Waals surface area contributed by atoms with Crippen molar-refractivity contribution in [3.05, 3.63) is 68.8 Å². The molecule has 0 spiro atoms. The Bertz CT molecular complexity index is 1080. The van der Waals surface area contributed by atoms with Crippen LogP contribution >= 0.6 is 0 Å². The van der Waals surface area contributed by atoms with Crippen molar-refractivity contribution in [1.29, 1.82) is 0 Å². The van der Waals surface area contributed by atoms with E-state index in [0.717, 1.165) is 12.1 Å². The van der Waals surface area contributed by atoms with E-state index in [1.807, 2.05) is 0 Å². The number of H-pyrrole nitrogens is 1. The van der Waals surface area contributed by atoms with Gasteiger partial charge in [0.05, 0.1) is 16.5 Å². The third-order valence-corrected chi connectivity index (χ3v) is 4.04. The van der Waals surface area contributed by atoms with Crippen LogP contribution < -0.4 is 16.0 Å². The van der Waals surface area contributed by atoms with E-state index in [-0.39, 0.29) is 27.4 Å². The number of allylic oxidation sites excluding steroid dienone is 1. The number of carboxylic acid groups (broad SMARTS) is 1. The largest absolute Gasteiger partial charge is 0.478 e. The zero-order chi connectivity index (χ0) is 18.9. The quantitative estimate of drug-likeness (QED) is 0.863. The standard InChI is InChI=1S/C19H14F3NO3/c20-19(21,22)12-6-4-5-11(9-12)15-10-16(24)13-7-2-1-3-8-14(18(25)26)17(13)23-15/h3-10,23H,1-2H2,(H,25,26)/b8-3?,13-7-,17-14?. The second-order valence-electron chi connectivity index (χ2n) is 5.82. The van der Waals surface area contributed by atoms with Gasteiger partial charge in [0.15, 0.2) is 5.43 Å². The average molecular weight is 361 g/mol.